The fraction of sp³-hybridized carbons (Fsp3) is 0.190. The normalized spacial score (nSPS) is 14.4. The molecular formula is C21H22NSSi+. The van der Waals surface area contributed by atoms with E-state index in [9.17, 15) is 0 Å². The highest BCUT2D eigenvalue weighted by Gasteiger charge is 2.29. The van der Waals surface area contributed by atoms with Crippen LogP contribution in [0.5, 0.6) is 0 Å². The quantitative estimate of drug-likeness (QED) is 0.454. The van der Waals surface area contributed by atoms with Crippen molar-refractivity contribution in [2.75, 3.05) is 5.88 Å². The van der Waals surface area contributed by atoms with Gasteiger partial charge >= 0.3 is 0 Å². The summed E-state index contributed by atoms with van der Waals surface area (Å²) in [5, 5.41) is 4.43. The van der Waals surface area contributed by atoms with Gasteiger partial charge in [0, 0.05) is 17.0 Å². The molecule has 0 aromatic heterocycles. The van der Waals surface area contributed by atoms with Crippen LogP contribution in [-0.4, -0.2) is 24.7 Å². The van der Waals surface area contributed by atoms with Crippen molar-refractivity contribution in [2.45, 2.75) is 24.5 Å². The number of fused-ring (bicyclic) bond motifs is 2. The van der Waals surface area contributed by atoms with Crippen LogP contribution in [0.2, 0.25) is 19.6 Å². The van der Waals surface area contributed by atoms with Crippen molar-refractivity contribution in [3.05, 3.63) is 66.2 Å². The van der Waals surface area contributed by atoms with E-state index in [1.165, 1.54) is 26.9 Å². The second-order valence-electron chi connectivity index (χ2n) is 7.35. The molecule has 3 aromatic carbocycles. The molecule has 0 saturated heterocycles. The van der Waals surface area contributed by atoms with Gasteiger partial charge in [-0.1, -0.05) is 73.9 Å². The molecule has 1 aliphatic rings. The van der Waals surface area contributed by atoms with Gasteiger partial charge in [0.15, 0.2) is 12.1 Å². The van der Waals surface area contributed by atoms with Gasteiger partial charge in [0.05, 0.1) is 13.6 Å². The van der Waals surface area contributed by atoms with Crippen molar-refractivity contribution >= 4 is 47.7 Å². The number of hydrogen-bond acceptors (Lipinski definition) is 1. The first kappa shape index (κ1) is 15.7. The van der Waals surface area contributed by atoms with E-state index in [-0.39, 0.29) is 0 Å². The molecule has 4 rings (SSSR count). The minimum absolute atomic E-state index is 0.979. The van der Waals surface area contributed by atoms with Crippen LogP contribution in [-0.2, 0) is 0 Å². The van der Waals surface area contributed by atoms with E-state index in [0.717, 1.165) is 5.88 Å². The summed E-state index contributed by atoms with van der Waals surface area (Å²) in [5.41, 5.74) is 2.63. The van der Waals surface area contributed by atoms with E-state index < -0.39 is 8.07 Å². The predicted octanol–water partition coefficient (Wildman–Crippen LogP) is 5.21. The summed E-state index contributed by atoms with van der Waals surface area (Å²) >= 11 is 1.99. The maximum atomic E-state index is 2.46. The maximum Gasteiger partial charge on any atom is 0.205 e. The number of hydrogen-bond donors (Lipinski definition) is 0. The average Bonchev–Trinajstić information content (AvgIpc) is 2.59. The summed E-state index contributed by atoms with van der Waals surface area (Å²) in [5.74, 6) is 0.979. The van der Waals surface area contributed by atoms with Gasteiger partial charge in [0.25, 0.3) is 0 Å². The van der Waals surface area contributed by atoms with Crippen LogP contribution < -0.4 is 5.19 Å². The molecule has 0 saturated carbocycles. The zero-order valence-corrected chi connectivity index (χ0v) is 16.2. The third kappa shape index (κ3) is 2.72. The minimum Gasteiger partial charge on any atom is -0.188 e. The van der Waals surface area contributed by atoms with Crippen LogP contribution in [0.4, 0.5) is 5.69 Å². The predicted molar refractivity (Wildman–Crippen MR) is 109 cm³/mol. The number of thioether (sulfide) groups is 1. The Morgan fingerprint density at radius 3 is 2.38 bits per heavy atom. The third-order valence-corrected chi connectivity index (χ3v) is 7.85. The molecular weight excluding hydrogens is 326 g/mol. The Kier molecular flexibility index (Phi) is 3.86. The highest BCUT2D eigenvalue weighted by Crippen LogP contribution is 2.32. The smallest absolute Gasteiger partial charge is 0.188 e. The number of rotatable bonds is 2. The van der Waals surface area contributed by atoms with Crippen molar-refractivity contribution < 1.29 is 4.58 Å². The molecule has 0 radical (unpaired) electrons. The van der Waals surface area contributed by atoms with Gasteiger partial charge < -0.3 is 0 Å². The lowest BCUT2D eigenvalue weighted by Crippen LogP contribution is -2.41. The first-order valence-corrected chi connectivity index (χ1v) is 12.9. The van der Waals surface area contributed by atoms with E-state index in [4.69, 9.17) is 0 Å². The molecule has 120 valence electrons. The first-order valence-electron chi connectivity index (χ1n) is 8.39. The molecule has 0 fully saturated rings. The maximum absolute atomic E-state index is 2.46. The molecule has 24 heavy (non-hydrogen) atoms. The lowest BCUT2D eigenvalue weighted by molar-refractivity contribution is -0.411. The summed E-state index contributed by atoms with van der Waals surface area (Å²) < 4.78 is 2.36. The third-order valence-electron chi connectivity index (χ3n) is 4.51. The van der Waals surface area contributed by atoms with Gasteiger partial charge in [-0.3, -0.25) is 0 Å². The van der Waals surface area contributed by atoms with E-state index >= 15 is 0 Å². The van der Waals surface area contributed by atoms with Gasteiger partial charge in [-0.2, -0.15) is 4.58 Å². The summed E-state index contributed by atoms with van der Waals surface area (Å²) in [6.45, 7) is 7.37. The highest BCUT2D eigenvalue weighted by atomic mass is 32.2. The fourth-order valence-electron chi connectivity index (χ4n) is 3.45. The van der Waals surface area contributed by atoms with E-state index in [1.807, 2.05) is 11.8 Å². The second kappa shape index (κ2) is 5.90. The minimum atomic E-state index is -1.44. The monoisotopic (exact) mass is 348 g/mol. The molecule has 3 aromatic rings. The zero-order chi connectivity index (χ0) is 16.7. The first-order chi connectivity index (χ1) is 11.5. The van der Waals surface area contributed by atoms with Crippen molar-refractivity contribution in [2.24, 2.45) is 0 Å². The Bertz CT molecular complexity index is 939. The number of benzene rings is 3. The van der Waals surface area contributed by atoms with Gasteiger partial charge in [0.2, 0.25) is 5.69 Å². The van der Waals surface area contributed by atoms with E-state index in [1.54, 1.807) is 5.19 Å². The Morgan fingerprint density at radius 1 is 0.917 bits per heavy atom. The van der Waals surface area contributed by atoms with Crippen molar-refractivity contribution in [1.29, 1.82) is 0 Å². The summed E-state index contributed by atoms with van der Waals surface area (Å²) in [7, 11) is -1.44. The van der Waals surface area contributed by atoms with Gasteiger partial charge in [0.1, 0.15) is 0 Å². The average molecular weight is 349 g/mol. The van der Waals surface area contributed by atoms with Crippen LogP contribution in [0, 0.1) is 0 Å². The van der Waals surface area contributed by atoms with Gasteiger partial charge in [-0.05, 0) is 22.0 Å². The van der Waals surface area contributed by atoms with Gasteiger partial charge in [-0.15, -0.1) is 0 Å². The molecule has 1 heterocycles. The Labute approximate surface area is 149 Å². The standard InChI is InChI=1S/C21H22NSSi/c1-24(2,3)21-19-12-8-7-9-16(19)13-17-14-22(15-23-20(17)21)18-10-5-4-6-11-18/h4-14H,15H2,1-3H3/q+1. The topological polar surface area (TPSA) is 3.01 Å². The molecule has 0 spiro atoms. The molecule has 0 amide bonds. The van der Waals surface area contributed by atoms with Crippen LogP contribution in [0.25, 0.3) is 10.8 Å². The molecule has 0 atom stereocenters. The lowest BCUT2D eigenvalue weighted by atomic mass is 10.1. The molecule has 0 aliphatic carbocycles. The van der Waals surface area contributed by atoms with E-state index in [2.05, 4.69) is 91.1 Å². The highest BCUT2D eigenvalue weighted by molar-refractivity contribution is 7.99. The Hall–Kier alpha value is -1.84. The molecule has 0 unspecified atom stereocenters. The van der Waals surface area contributed by atoms with Gasteiger partial charge in [-0.25, -0.2) is 0 Å². The SMILES string of the molecule is C[Si](C)(C)c1c2c(cc3ccccc13)C=[N+](c1ccccc1)CS2. The molecule has 0 bridgehead atoms. The van der Waals surface area contributed by atoms with Crippen molar-refractivity contribution in [3.8, 4) is 0 Å². The summed E-state index contributed by atoms with van der Waals surface area (Å²) in [6, 6.07) is 21.9. The van der Waals surface area contributed by atoms with E-state index in [0.29, 0.717) is 0 Å². The zero-order valence-electron chi connectivity index (χ0n) is 14.4. The van der Waals surface area contributed by atoms with Crippen LogP contribution in [0.3, 0.4) is 0 Å². The summed E-state index contributed by atoms with van der Waals surface area (Å²) in [6.07, 6.45) is 2.33. The molecule has 3 heteroatoms. The largest absolute Gasteiger partial charge is 0.205 e. The Morgan fingerprint density at radius 2 is 1.62 bits per heavy atom. The molecule has 1 nitrogen and oxygen atoms in total. The van der Waals surface area contributed by atoms with Crippen molar-refractivity contribution in [1.82, 2.24) is 0 Å². The molecule has 0 N–H and O–H groups in total. The second-order valence-corrected chi connectivity index (χ2v) is 13.3. The number of nitrogens with zero attached hydrogens (tertiary/aromatic N) is 1. The Balaban J connectivity index is 1.97. The number of para-hydroxylation sites is 1. The fourth-order valence-corrected chi connectivity index (χ4v) is 7.47. The van der Waals surface area contributed by atoms with Crippen LogP contribution >= 0.6 is 11.8 Å². The van der Waals surface area contributed by atoms with Crippen molar-refractivity contribution in [3.63, 3.8) is 0 Å². The van der Waals surface area contributed by atoms with Crippen LogP contribution in [0.15, 0.2) is 65.6 Å². The van der Waals surface area contributed by atoms with Crippen LogP contribution in [0.1, 0.15) is 5.56 Å². The molecule has 1 aliphatic heterocycles. The lowest BCUT2D eigenvalue weighted by Gasteiger charge is -2.25. The summed E-state index contributed by atoms with van der Waals surface area (Å²) in [4.78, 5) is 1.50.